The van der Waals surface area contributed by atoms with Gasteiger partial charge in [-0.25, -0.2) is 13.4 Å². The predicted octanol–water partition coefficient (Wildman–Crippen LogP) is 4.26. The van der Waals surface area contributed by atoms with Crippen molar-refractivity contribution in [2.45, 2.75) is 24.0 Å². The molecule has 0 aliphatic heterocycles. The molecule has 0 spiro atoms. The maximum absolute atomic E-state index is 12.5. The van der Waals surface area contributed by atoms with Crippen LogP contribution in [0.4, 0.5) is 5.13 Å². The Morgan fingerprint density at radius 3 is 2.30 bits per heavy atom. The van der Waals surface area contributed by atoms with Crippen LogP contribution in [0.1, 0.15) is 24.2 Å². The van der Waals surface area contributed by atoms with Gasteiger partial charge in [0.05, 0.1) is 30.1 Å². The van der Waals surface area contributed by atoms with Crippen LogP contribution < -0.4 is 14.8 Å². The third kappa shape index (κ3) is 4.47. The molecule has 0 bridgehead atoms. The maximum Gasteiger partial charge on any atom is 0.257 e. The number of thiazole rings is 1. The lowest BCUT2D eigenvalue weighted by Gasteiger charge is -2.08. The molecule has 0 unspecified atom stereocenters. The third-order valence-corrected chi connectivity index (χ3v) is 7.40. The van der Waals surface area contributed by atoms with Crippen LogP contribution in [0, 0.1) is 0 Å². The number of carbonyl (C=O) groups is 1. The summed E-state index contributed by atoms with van der Waals surface area (Å²) in [6.07, 6.45) is 0. The molecule has 2 aromatic carbocycles. The van der Waals surface area contributed by atoms with Crippen molar-refractivity contribution in [3.63, 3.8) is 0 Å². The van der Waals surface area contributed by atoms with Gasteiger partial charge in [-0.1, -0.05) is 0 Å². The lowest BCUT2D eigenvalue weighted by atomic mass is 10.1. The fourth-order valence-electron chi connectivity index (χ4n) is 2.70. The molecule has 3 aromatic rings. The van der Waals surface area contributed by atoms with Gasteiger partial charge >= 0.3 is 0 Å². The minimum Gasteiger partial charge on any atom is -0.493 e. The van der Waals surface area contributed by atoms with Gasteiger partial charge in [-0.15, -0.1) is 11.3 Å². The standard InChI is InChI=1S/C21H22N2O5S2/c1-13(2)30(25,26)16-8-5-14(6-9-16)20(24)23-21-22-17(12-29-21)15-7-10-18(27-3)19(11-15)28-4/h5-13H,1-4H3,(H,22,23,24). The lowest BCUT2D eigenvalue weighted by molar-refractivity contribution is 0.102. The molecule has 0 saturated carbocycles. The summed E-state index contributed by atoms with van der Waals surface area (Å²) in [5, 5.41) is 4.48. The Balaban J connectivity index is 1.75. The monoisotopic (exact) mass is 446 g/mol. The average Bonchev–Trinajstić information content (AvgIpc) is 3.21. The van der Waals surface area contributed by atoms with Gasteiger partial charge in [0.15, 0.2) is 26.5 Å². The van der Waals surface area contributed by atoms with E-state index in [1.165, 1.54) is 35.6 Å². The number of nitrogens with one attached hydrogen (secondary N) is 1. The maximum atomic E-state index is 12.5. The summed E-state index contributed by atoms with van der Waals surface area (Å²) >= 11 is 1.29. The van der Waals surface area contributed by atoms with Crippen molar-refractivity contribution in [3.05, 3.63) is 53.4 Å². The number of nitrogens with zero attached hydrogens (tertiary/aromatic N) is 1. The highest BCUT2D eigenvalue weighted by molar-refractivity contribution is 7.92. The Labute approximate surface area is 179 Å². The zero-order valence-electron chi connectivity index (χ0n) is 17.0. The Hall–Kier alpha value is -2.91. The van der Waals surface area contributed by atoms with Crippen LogP contribution in [0.15, 0.2) is 52.7 Å². The predicted molar refractivity (Wildman–Crippen MR) is 117 cm³/mol. The molecular weight excluding hydrogens is 424 g/mol. The molecule has 0 saturated heterocycles. The topological polar surface area (TPSA) is 94.6 Å². The van der Waals surface area contributed by atoms with Crippen molar-refractivity contribution in [2.75, 3.05) is 19.5 Å². The first-order valence-corrected chi connectivity index (χ1v) is 11.5. The van der Waals surface area contributed by atoms with Crippen LogP contribution in [-0.4, -0.2) is 38.8 Å². The average molecular weight is 447 g/mol. The van der Waals surface area contributed by atoms with Gasteiger partial charge < -0.3 is 9.47 Å². The second kappa shape index (κ2) is 8.85. The van der Waals surface area contributed by atoms with E-state index >= 15 is 0 Å². The molecule has 1 heterocycles. The molecular formula is C21H22N2O5S2. The first kappa shape index (κ1) is 21.8. The largest absolute Gasteiger partial charge is 0.493 e. The lowest BCUT2D eigenvalue weighted by Crippen LogP contribution is -2.15. The molecule has 30 heavy (non-hydrogen) atoms. The number of sulfone groups is 1. The molecule has 7 nitrogen and oxygen atoms in total. The summed E-state index contributed by atoms with van der Waals surface area (Å²) in [6.45, 7) is 3.24. The number of rotatable bonds is 7. The van der Waals surface area contributed by atoms with Crippen LogP contribution in [0.2, 0.25) is 0 Å². The molecule has 1 N–H and O–H groups in total. The van der Waals surface area contributed by atoms with Crippen molar-refractivity contribution in [1.29, 1.82) is 0 Å². The van der Waals surface area contributed by atoms with E-state index in [1.807, 2.05) is 17.5 Å². The Bertz CT molecular complexity index is 1150. The fourth-order valence-corrected chi connectivity index (χ4v) is 4.47. The van der Waals surface area contributed by atoms with Crippen LogP contribution in [0.5, 0.6) is 11.5 Å². The molecule has 1 amide bonds. The van der Waals surface area contributed by atoms with E-state index in [0.29, 0.717) is 27.9 Å². The minimum absolute atomic E-state index is 0.194. The van der Waals surface area contributed by atoms with Gasteiger partial charge in [-0.2, -0.15) is 0 Å². The number of amides is 1. The van der Waals surface area contributed by atoms with Gasteiger partial charge in [0, 0.05) is 16.5 Å². The second-order valence-corrected chi connectivity index (χ2v) is 10.0. The zero-order chi connectivity index (χ0) is 21.9. The number of methoxy groups -OCH3 is 2. The quantitative estimate of drug-likeness (QED) is 0.583. The molecule has 1 aromatic heterocycles. The van der Waals surface area contributed by atoms with Crippen LogP contribution in [-0.2, 0) is 9.84 Å². The fraction of sp³-hybridized carbons (Fsp3) is 0.238. The summed E-state index contributed by atoms with van der Waals surface area (Å²) in [5.74, 6) is 0.842. The number of hydrogen-bond acceptors (Lipinski definition) is 7. The highest BCUT2D eigenvalue weighted by Gasteiger charge is 2.19. The molecule has 0 aliphatic carbocycles. The molecule has 3 rings (SSSR count). The van der Waals surface area contributed by atoms with Crippen molar-refractivity contribution in [3.8, 4) is 22.8 Å². The van der Waals surface area contributed by atoms with Crippen molar-refractivity contribution in [1.82, 2.24) is 4.98 Å². The smallest absolute Gasteiger partial charge is 0.257 e. The number of anilines is 1. The molecule has 0 radical (unpaired) electrons. The summed E-state index contributed by atoms with van der Waals surface area (Å²) in [5.41, 5.74) is 1.86. The van der Waals surface area contributed by atoms with E-state index < -0.39 is 15.1 Å². The Morgan fingerprint density at radius 1 is 1.03 bits per heavy atom. The summed E-state index contributed by atoms with van der Waals surface area (Å²) in [7, 11) is -0.248. The molecule has 0 atom stereocenters. The van der Waals surface area contributed by atoms with E-state index in [9.17, 15) is 13.2 Å². The van der Waals surface area contributed by atoms with Gasteiger partial charge in [-0.05, 0) is 56.3 Å². The normalized spacial score (nSPS) is 11.4. The first-order valence-electron chi connectivity index (χ1n) is 9.09. The van der Waals surface area contributed by atoms with Crippen LogP contribution in [0.25, 0.3) is 11.3 Å². The first-order chi connectivity index (χ1) is 14.3. The molecule has 158 valence electrons. The number of aromatic nitrogens is 1. The second-order valence-electron chi connectivity index (χ2n) is 6.68. The summed E-state index contributed by atoms with van der Waals surface area (Å²) < 4.78 is 35.0. The van der Waals surface area contributed by atoms with Gasteiger partial charge in [-0.3, -0.25) is 10.1 Å². The van der Waals surface area contributed by atoms with Crippen molar-refractivity contribution >= 4 is 32.2 Å². The number of hydrogen-bond donors (Lipinski definition) is 1. The van der Waals surface area contributed by atoms with E-state index in [-0.39, 0.29) is 10.8 Å². The number of benzene rings is 2. The van der Waals surface area contributed by atoms with E-state index in [0.717, 1.165) is 5.56 Å². The number of ether oxygens (including phenoxy) is 2. The van der Waals surface area contributed by atoms with Crippen molar-refractivity contribution in [2.24, 2.45) is 0 Å². The molecule has 9 heteroatoms. The van der Waals surface area contributed by atoms with Gasteiger partial charge in [0.25, 0.3) is 5.91 Å². The van der Waals surface area contributed by atoms with E-state index in [4.69, 9.17) is 9.47 Å². The highest BCUT2D eigenvalue weighted by atomic mass is 32.2. The van der Waals surface area contributed by atoms with E-state index in [1.54, 1.807) is 34.1 Å². The zero-order valence-corrected chi connectivity index (χ0v) is 18.6. The molecule has 0 fully saturated rings. The van der Waals surface area contributed by atoms with Gasteiger partial charge in [0.2, 0.25) is 0 Å². The van der Waals surface area contributed by atoms with Crippen LogP contribution >= 0.6 is 11.3 Å². The van der Waals surface area contributed by atoms with Gasteiger partial charge in [0.1, 0.15) is 0 Å². The Morgan fingerprint density at radius 2 is 1.70 bits per heavy atom. The highest BCUT2D eigenvalue weighted by Crippen LogP contribution is 2.33. The molecule has 0 aliphatic rings. The summed E-state index contributed by atoms with van der Waals surface area (Å²) in [4.78, 5) is 17.2. The third-order valence-electron chi connectivity index (χ3n) is 4.47. The van der Waals surface area contributed by atoms with E-state index in [2.05, 4.69) is 10.3 Å². The minimum atomic E-state index is -3.38. The Kier molecular flexibility index (Phi) is 6.42. The summed E-state index contributed by atoms with van der Waals surface area (Å²) in [6, 6.07) is 11.3. The van der Waals surface area contributed by atoms with Crippen LogP contribution in [0.3, 0.4) is 0 Å². The SMILES string of the molecule is COc1ccc(-c2csc(NC(=O)c3ccc(S(=O)(=O)C(C)C)cc3)n2)cc1OC. The van der Waals surface area contributed by atoms with Crippen molar-refractivity contribution < 1.29 is 22.7 Å². The number of carbonyl (C=O) groups excluding carboxylic acids is 1.